The van der Waals surface area contributed by atoms with Crippen molar-refractivity contribution >= 4 is 0 Å². The molecular weight excluding hydrogens is 1390 g/mol. The summed E-state index contributed by atoms with van der Waals surface area (Å²) in [6, 6.07) is 24.8. The summed E-state index contributed by atoms with van der Waals surface area (Å²) in [5.41, 5.74) is 5.27. The average molecular weight is 1550 g/mol. The van der Waals surface area contributed by atoms with Gasteiger partial charge in [-0.1, -0.05) is 413 Å². The van der Waals surface area contributed by atoms with Crippen molar-refractivity contribution < 1.29 is 37.3 Å². The van der Waals surface area contributed by atoms with Crippen molar-refractivity contribution in [3.8, 4) is 91.4 Å². The molecule has 0 saturated carbocycles. The third-order valence-electron chi connectivity index (χ3n) is 22.5. The Morgan fingerprint density at radius 3 is 0.518 bits per heavy atom. The molecule has 0 amide bonds. The van der Waals surface area contributed by atoms with E-state index in [1.54, 1.807) is 0 Å². The Morgan fingerprint density at radius 1 is 0.179 bits per heavy atom. The molecule has 6 rings (SSSR count). The van der Waals surface area contributed by atoms with Crippen LogP contribution >= 0.6 is 0 Å². The molecule has 4 aromatic carbocycles. The van der Waals surface area contributed by atoms with Crippen LogP contribution in [0.3, 0.4) is 0 Å². The Kier molecular flexibility index (Phi) is 55.1. The highest BCUT2D eigenvalue weighted by atomic mass is 16.5. The maximum Gasteiger partial charge on any atom is 0.248 e. The van der Waals surface area contributed by atoms with Gasteiger partial charge in [-0.15, -0.1) is 20.4 Å². The van der Waals surface area contributed by atoms with Crippen LogP contribution < -0.4 is 28.4 Å². The maximum absolute atomic E-state index is 6.76. The molecule has 0 radical (unpaired) electrons. The van der Waals surface area contributed by atoms with Crippen LogP contribution in [0.15, 0.2) is 81.6 Å². The van der Waals surface area contributed by atoms with Gasteiger partial charge in [0.25, 0.3) is 0 Å². The van der Waals surface area contributed by atoms with Gasteiger partial charge in [0.2, 0.25) is 35.1 Å². The minimum Gasteiger partial charge on any atom is -0.490 e. The van der Waals surface area contributed by atoms with Crippen LogP contribution in [-0.4, -0.2) is 60.0 Å². The fourth-order valence-corrected chi connectivity index (χ4v) is 15.3. The highest BCUT2D eigenvalue weighted by Crippen LogP contribution is 2.45. The van der Waals surface area contributed by atoms with E-state index in [0.717, 1.165) is 110 Å². The Morgan fingerprint density at radius 2 is 0.330 bits per heavy atom. The van der Waals surface area contributed by atoms with Crippen LogP contribution in [0.2, 0.25) is 0 Å². The van der Waals surface area contributed by atoms with Crippen molar-refractivity contribution in [2.75, 3.05) is 39.6 Å². The summed E-state index contributed by atoms with van der Waals surface area (Å²) >= 11 is 0. The number of rotatable bonds is 77. The number of hydrogen-bond acceptors (Lipinski definition) is 12. The summed E-state index contributed by atoms with van der Waals surface area (Å²) < 4.78 is 53.7. The molecule has 112 heavy (non-hydrogen) atoms. The third kappa shape index (κ3) is 42.0. The van der Waals surface area contributed by atoms with Crippen molar-refractivity contribution in [1.82, 2.24) is 20.4 Å². The predicted octanol–water partition coefficient (Wildman–Crippen LogP) is 32.6. The molecule has 6 aromatic rings. The number of aromatic nitrogens is 4. The fraction of sp³-hybridized carbons (Fsp3) is 0.720. The van der Waals surface area contributed by atoms with E-state index in [4.69, 9.17) is 37.3 Å². The van der Waals surface area contributed by atoms with E-state index in [1.165, 1.54) is 308 Å². The van der Waals surface area contributed by atoms with Crippen LogP contribution in [0.5, 0.6) is 34.5 Å². The van der Waals surface area contributed by atoms with Gasteiger partial charge in [-0.05, 0) is 98.2 Å². The molecular formula is C100H162N4O8. The lowest BCUT2D eigenvalue weighted by Gasteiger charge is -2.18. The van der Waals surface area contributed by atoms with Crippen LogP contribution in [0.1, 0.15) is 427 Å². The first-order chi connectivity index (χ1) is 55.5. The van der Waals surface area contributed by atoms with Crippen LogP contribution in [0.25, 0.3) is 56.9 Å². The smallest absolute Gasteiger partial charge is 0.248 e. The second kappa shape index (κ2) is 65.1. The van der Waals surface area contributed by atoms with Gasteiger partial charge >= 0.3 is 0 Å². The Labute approximate surface area is 684 Å². The number of nitrogens with zero attached hydrogens (tertiary/aromatic N) is 4. The van der Waals surface area contributed by atoms with Crippen molar-refractivity contribution in [3.05, 3.63) is 72.8 Å². The summed E-state index contributed by atoms with van der Waals surface area (Å²) in [7, 11) is 0. The highest BCUT2D eigenvalue weighted by molar-refractivity contribution is 5.72. The lowest BCUT2D eigenvalue weighted by molar-refractivity contribution is 0.234. The SMILES string of the molecule is CCCCCCCCCCCCOc1cc(-c2nnc(-c3ccc(-c4ccc(-c5nnc(-c6cc(OCCCCCCCCCCCC)c(OCCCCCCCCCCCC)c(OCCCCCCCCCCCC)c6)o5)cc4)cc3)o2)cc(OCCCCCCCCCCCC)c1OCCCCCCCCCCCC. The Balaban J connectivity index is 1.17. The van der Waals surface area contributed by atoms with E-state index in [1.807, 2.05) is 24.3 Å². The first-order valence-electron chi connectivity index (χ1n) is 47.5. The molecule has 0 aliphatic rings. The number of unbranched alkanes of at least 4 members (excludes halogenated alkanes) is 54. The molecule has 0 atom stereocenters. The standard InChI is InChI=1S/C100H162N4O8/c1-7-13-19-25-31-37-43-49-55-61-75-105-91-81-89(82-92(106-76-62-56-50-44-38-32-26-20-14-8-2)95(91)109-79-65-59-53-47-41-35-29-23-17-11-5)99-103-101-97(111-99)87-71-67-85(68-72-87)86-69-73-88(74-70-86)98-102-104-100(112-98)90-83-93(107-77-63-57-51-45-39-33-27-21-15-9-3)96(110-80-66-60-54-48-42-36-30-24-18-12-6)94(84-90)108-78-64-58-52-46-40-34-28-22-16-10-4/h67-74,81-84H,7-66,75-80H2,1-6H3. The van der Waals surface area contributed by atoms with E-state index in [0.29, 0.717) is 97.7 Å². The van der Waals surface area contributed by atoms with Gasteiger partial charge in [0.15, 0.2) is 23.0 Å². The van der Waals surface area contributed by atoms with Gasteiger partial charge < -0.3 is 37.3 Å². The van der Waals surface area contributed by atoms with Gasteiger partial charge in [-0.2, -0.15) is 0 Å². The lowest BCUT2D eigenvalue weighted by Crippen LogP contribution is -2.07. The monoisotopic (exact) mass is 1550 g/mol. The summed E-state index contributed by atoms with van der Waals surface area (Å²) in [6.07, 6.45) is 76.1. The molecule has 0 fully saturated rings. The van der Waals surface area contributed by atoms with Crippen LogP contribution in [0, 0.1) is 0 Å². The number of hydrogen-bond donors (Lipinski definition) is 0. The van der Waals surface area contributed by atoms with Gasteiger partial charge in [-0.3, -0.25) is 0 Å². The molecule has 0 N–H and O–H groups in total. The van der Waals surface area contributed by atoms with E-state index in [9.17, 15) is 0 Å². The molecule has 0 saturated heterocycles. The molecule has 12 heteroatoms. The zero-order valence-electron chi connectivity index (χ0n) is 72.7. The van der Waals surface area contributed by atoms with Crippen molar-refractivity contribution in [1.29, 1.82) is 0 Å². The zero-order valence-corrected chi connectivity index (χ0v) is 72.7. The first kappa shape index (κ1) is 94.8. The quantitative estimate of drug-likeness (QED) is 0.0337. The number of benzene rings is 4. The van der Waals surface area contributed by atoms with Gasteiger partial charge in [0, 0.05) is 22.3 Å². The van der Waals surface area contributed by atoms with Crippen molar-refractivity contribution in [2.45, 2.75) is 427 Å². The first-order valence-corrected chi connectivity index (χ1v) is 47.5. The van der Waals surface area contributed by atoms with E-state index in [-0.39, 0.29) is 0 Å². The molecule has 2 heterocycles. The topological polar surface area (TPSA) is 133 Å². The Hall–Kier alpha value is -6.04. The van der Waals surface area contributed by atoms with Crippen LogP contribution in [-0.2, 0) is 0 Å². The fourth-order valence-electron chi connectivity index (χ4n) is 15.3. The average Bonchev–Trinajstić information content (AvgIpc) is 1.74. The molecule has 630 valence electrons. The largest absolute Gasteiger partial charge is 0.490 e. The lowest BCUT2D eigenvalue weighted by atomic mass is 10.0. The summed E-state index contributed by atoms with van der Waals surface area (Å²) in [5.74, 6) is 5.81. The minimum atomic E-state index is 0.412. The van der Waals surface area contributed by atoms with E-state index < -0.39 is 0 Å². The van der Waals surface area contributed by atoms with E-state index in [2.05, 4.69) is 110 Å². The van der Waals surface area contributed by atoms with E-state index >= 15 is 0 Å². The van der Waals surface area contributed by atoms with Crippen molar-refractivity contribution in [3.63, 3.8) is 0 Å². The minimum absolute atomic E-state index is 0.412. The molecule has 0 aliphatic carbocycles. The summed E-state index contributed by atoms with van der Waals surface area (Å²) in [5, 5.41) is 18.6. The molecule has 0 unspecified atom stereocenters. The van der Waals surface area contributed by atoms with Gasteiger partial charge in [0.05, 0.1) is 39.6 Å². The molecule has 2 aromatic heterocycles. The second-order valence-electron chi connectivity index (χ2n) is 32.8. The molecule has 0 bridgehead atoms. The van der Waals surface area contributed by atoms with Gasteiger partial charge in [0.1, 0.15) is 0 Å². The maximum atomic E-state index is 6.76. The van der Waals surface area contributed by atoms with Gasteiger partial charge in [-0.25, -0.2) is 0 Å². The zero-order chi connectivity index (χ0) is 78.9. The highest BCUT2D eigenvalue weighted by Gasteiger charge is 2.23. The van der Waals surface area contributed by atoms with Crippen molar-refractivity contribution in [2.24, 2.45) is 0 Å². The number of ether oxygens (including phenoxy) is 6. The van der Waals surface area contributed by atoms with Crippen LogP contribution in [0.4, 0.5) is 0 Å². The summed E-state index contributed by atoms with van der Waals surface area (Å²) in [4.78, 5) is 0. The predicted molar refractivity (Wildman–Crippen MR) is 473 cm³/mol. The Bertz CT molecular complexity index is 2850. The summed E-state index contributed by atoms with van der Waals surface area (Å²) in [6.45, 7) is 17.4. The molecule has 0 spiro atoms. The molecule has 0 aliphatic heterocycles. The second-order valence-corrected chi connectivity index (χ2v) is 32.8. The molecule has 12 nitrogen and oxygen atoms in total. The third-order valence-corrected chi connectivity index (χ3v) is 22.5. The normalized spacial score (nSPS) is 11.5.